The number of methoxy groups -OCH3 is 3. The van der Waals surface area contributed by atoms with E-state index in [-0.39, 0.29) is 6.54 Å². The van der Waals surface area contributed by atoms with Gasteiger partial charge < -0.3 is 24.8 Å². The molecule has 0 radical (unpaired) electrons. The minimum absolute atomic E-state index is 0.172. The molecule has 37 heavy (non-hydrogen) atoms. The van der Waals surface area contributed by atoms with Crippen LogP contribution in [0, 0.1) is 6.92 Å². The predicted molar refractivity (Wildman–Crippen MR) is 144 cm³/mol. The van der Waals surface area contributed by atoms with Gasteiger partial charge in [0.1, 0.15) is 17.2 Å². The van der Waals surface area contributed by atoms with Crippen LogP contribution in [0.4, 0.5) is 10.5 Å². The van der Waals surface area contributed by atoms with Crippen molar-refractivity contribution in [2.24, 2.45) is 0 Å². The summed E-state index contributed by atoms with van der Waals surface area (Å²) >= 11 is 1.56. The summed E-state index contributed by atoms with van der Waals surface area (Å²) in [5.41, 5.74) is 3.69. The van der Waals surface area contributed by atoms with Crippen molar-refractivity contribution in [1.29, 1.82) is 0 Å². The molecule has 192 valence electrons. The first kappa shape index (κ1) is 25.9. The third-order valence-corrected chi connectivity index (χ3v) is 6.56. The van der Waals surface area contributed by atoms with Crippen LogP contribution >= 0.6 is 11.8 Å². The van der Waals surface area contributed by atoms with Gasteiger partial charge in [-0.1, -0.05) is 41.6 Å². The summed E-state index contributed by atoms with van der Waals surface area (Å²) in [5, 5.41) is 15.2. The van der Waals surface area contributed by atoms with Gasteiger partial charge in [0.25, 0.3) is 0 Å². The highest BCUT2D eigenvalue weighted by molar-refractivity contribution is 7.98. The molecule has 0 atom stereocenters. The highest BCUT2D eigenvalue weighted by atomic mass is 32.2. The van der Waals surface area contributed by atoms with E-state index in [1.165, 1.54) is 7.11 Å². The summed E-state index contributed by atoms with van der Waals surface area (Å²) < 4.78 is 17.9. The van der Waals surface area contributed by atoms with Crippen LogP contribution in [0.5, 0.6) is 17.2 Å². The molecule has 0 unspecified atom stereocenters. The molecule has 0 saturated heterocycles. The first-order valence-corrected chi connectivity index (χ1v) is 12.5. The molecule has 0 bridgehead atoms. The SMILES string of the molecule is COc1cccc(CSc2nnc(CNC(=O)Nc3ccc(OC)cc3OC)n2-c2ccc(C)cc2)c1. The fourth-order valence-corrected chi connectivity index (χ4v) is 4.51. The zero-order chi connectivity index (χ0) is 26.2. The predicted octanol–water partition coefficient (Wildman–Crippen LogP) is 5.22. The van der Waals surface area contributed by atoms with E-state index in [1.807, 2.05) is 60.0 Å². The van der Waals surface area contributed by atoms with Crippen molar-refractivity contribution in [1.82, 2.24) is 20.1 Å². The summed E-state index contributed by atoms with van der Waals surface area (Å²) in [6.07, 6.45) is 0. The number of anilines is 1. The van der Waals surface area contributed by atoms with Crippen molar-refractivity contribution in [2.75, 3.05) is 26.6 Å². The molecule has 4 rings (SSSR count). The molecule has 10 heteroatoms. The van der Waals surface area contributed by atoms with Gasteiger partial charge >= 0.3 is 6.03 Å². The van der Waals surface area contributed by atoms with Gasteiger partial charge in [-0.25, -0.2) is 4.79 Å². The average molecular weight is 520 g/mol. The number of nitrogens with one attached hydrogen (secondary N) is 2. The Morgan fingerprint density at radius 1 is 0.919 bits per heavy atom. The molecular formula is C27H29N5O4S. The first-order valence-electron chi connectivity index (χ1n) is 11.5. The molecule has 0 saturated carbocycles. The Kier molecular flexibility index (Phi) is 8.52. The molecule has 9 nitrogen and oxygen atoms in total. The number of carbonyl (C=O) groups excluding carboxylic acids is 1. The Morgan fingerprint density at radius 3 is 2.41 bits per heavy atom. The molecular weight excluding hydrogens is 490 g/mol. The lowest BCUT2D eigenvalue weighted by Crippen LogP contribution is -2.29. The van der Waals surface area contributed by atoms with E-state index in [1.54, 1.807) is 44.2 Å². The normalized spacial score (nSPS) is 10.6. The standard InChI is InChI=1S/C27H29N5O4S/c1-18-8-10-20(11-9-18)32-25(30-31-27(32)37-17-19-6-5-7-21(14-19)34-2)16-28-26(33)29-23-13-12-22(35-3)15-24(23)36-4/h5-15H,16-17H2,1-4H3,(H2,28,29,33). The molecule has 1 heterocycles. The number of hydrogen-bond donors (Lipinski definition) is 2. The Labute approximate surface area is 220 Å². The van der Waals surface area contributed by atoms with E-state index >= 15 is 0 Å². The van der Waals surface area contributed by atoms with E-state index in [2.05, 4.69) is 20.8 Å². The second-order valence-electron chi connectivity index (χ2n) is 8.08. The number of hydrogen-bond acceptors (Lipinski definition) is 7. The summed E-state index contributed by atoms with van der Waals surface area (Å²) in [6, 6.07) is 20.8. The van der Waals surface area contributed by atoms with Crippen LogP contribution in [0.25, 0.3) is 5.69 Å². The second kappa shape index (κ2) is 12.2. The number of carbonyl (C=O) groups is 1. The minimum atomic E-state index is -0.396. The number of ether oxygens (including phenoxy) is 3. The fraction of sp³-hybridized carbons (Fsp3) is 0.222. The molecule has 1 aromatic heterocycles. The maximum absolute atomic E-state index is 12.7. The van der Waals surface area contributed by atoms with Crippen molar-refractivity contribution in [3.05, 3.63) is 83.7 Å². The number of aryl methyl sites for hydroxylation is 1. The Hall–Kier alpha value is -4.18. The van der Waals surface area contributed by atoms with Crippen molar-refractivity contribution in [3.63, 3.8) is 0 Å². The number of thioether (sulfide) groups is 1. The fourth-order valence-electron chi connectivity index (χ4n) is 3.60. The van der Waals surface area contributed by atoms with Gasteiger partial charge in [-0.15, -0.1) is 10.2 Å². The van der Waals surface area contributed by atoms with Gasteiger partial charge in [0.05, 0.1) is 33.6 Å². The molecule has 0 fully saturated rings. The maximum Gasteiger partial charge on any atom is 0.319 e. The molecule has 0 aliphatic carbocycles. The smallest absolute Gasteiger partial charge is 0.319 e. The average Bonchev–Trinajstić information content (AvgIpc) is 3.34. The van der Waals surface area contributed by atoms with Crippen molar-refractivity contribution in [2.45, 2.75) is 24.4 Å². The van der Waals surface area contributed by atoms with Crippen molar-refractivity contribution in [3.8, 4) is 22.9 Å². The Morgan fingerprint density at radius 2 is 1.68 bits per heavy atom. The number of urea groups is 1. The van der Waals surface area contributed by atoms with Gasteiger partial charge in [-0.05, 0) is 48.9 Å². The molecule has 4 aromatic rings. The highest BCUT2D eigenvalue weighted by Gasteiger charge is 2.16. The number of aromatic nitrogens is 3. The van der Waals surface area contributed by atoms with Crippen LogP contribution in [0.15, 0.2) is 71.9 Å². The summed E-state index contributed by atoms with van der Waals surface area (Å²) in [5.74, 6) is 3.23. The van der Waals surface area contributed by atoms with Crippen LogP contribution in [0.3, 0.4) is 0 Å². The van der Waals surface area contributed by atoms with E-state index in [9.17, 15) is 4.79 Å². The third-order valence-electron chi connectivity index (χ3n) is 5.56. The molecule has 3 aromatic carbocycles. The van der Waals surface area contributed by atoms with Gasteiger partial charge in [0.2, 0.25) is 0 Å². The largest absolute Gasteiger partial charge is 0.497 e. The zero-order valence-corrected chi connectivity index (χ0v) is 22.0. The van der Waals surface area contributed by atoms with Crippen LogP contribution < -0.4 is 24.8 Å². The number of nitrogens with zero attached hydrogens (tertiary/aromatic N) is 3. The highest BCUT2D eigenvalue weighted by Crippen LogP contribution is 2.29. The summed E-state index contributed by atoms with van der Waals surface area (Å²) in [4.78, 5) is 12.7. The van der Waals surface area contributed by atoms with Crippen LogP contribution in [0.1, 0.15) is 17.0 Å². The molecule has 2 amide bonds. The zero-order valence-electron chi connectivity index (χ0n) is 21.1. The Bertz CT molecular complexity index is 1360. The topological polar surface area (TPSA) is 99.5 Å². The van der Waals surface area contributed by atoms with Gasteiger partial charge in [0.15, 0.2) is 11.0 Å². The van der Waals surface area contributed by atoms with E-state index < -0.39 is 6.03 Å². The molecule has 0 aliphatic rings. The van der Waals surface area contributed by atoms with E-state index in [0.29, 0.717) is 28.8 Å². The lowest BCUT2D eigenvalue weighted by Gasteiger charge is -2.13. The first-order chi connectivity index (χ1) is 18.0. The van der Waals surface area contributed by atoms with Gasteiger partial charge in [-0.2, -0.15) is 0 Å². The van der Waals surface area contributed by atoms with Gasteiger partial charge in [0, 0.05) is 17.5 Å². The van der Waals surface area contributed by atoms with E-state index in [0.717, 1.165) is 27.7 Å². The third kappa shape index (κ3) is 6.53. The number of amides is 2. The van der Waals surface area contributed by atoms with Gasteiger partial charge in [-0.3, -0.25) is 4.57 Å². The monoisotopic (exact) mass is 519 g/mol. The summed E-state index contributed by atoms with van der Waals surface area (Å²) in [6.45, 7) is 2.21. The maximum atomic E-state index is 12.7. The molecule has 0 aliphatic heterocycles. The quantitative estimate of drug-likeness (QED) is 0.277. The number of rotatable bonds is 10. The minimum Gasteiger partial charge on any atom is -0.497 e. The van der Waals surface area contributed by atoms with Crippen molar-refractivity contribution < 1.29 is 19.0 Å². The van der Waals surface area contributed by atoms with Crippen LogP contribution in [0.2, 0.25) is 0 Å². The lowest BCUT2D eigenvalue weighted by molar-refractivity contribution is 0.251. The Balaban J connectivity index is 1.51. The lowest BCUT2D eigenvalue weighted by atomic mass is 10.2. The molecule has 0 spiro atoms. The van der Waals surface area contributed by atoms with Crippen molar-refractivity contribution >= 4 is 23.5 Å². The second-order valence-corrected chi connectivity index (χ2v) is 9.03. The van der Waals surface area contributed by atoms with Crippen LogP contribution in [-0.2, 0) is 12.3 Å². The molecule has 2 N–H and O–H groups in total. The summed E-state index contributed by atoms with van der Waals surface area (Å²) in [7, 11) is 4.76. The number of benzene rings is 3. The van der Waals surface area contributed by atoms with E-state index in [4.69, 9.17) is 14.2 Å². The van der Waals surface area contributed by atoms with Crippen LogP contribution in [-0.4, -0.2) is 42.1 Å².